The molecule has 36 heavy (non-hydrogen) atoms. The van der Waals surface area contributed by atoms with Crippen LogP contribution in [-0.2, 0) is 27.0 Å². The molecule has 0 spiro atoms. The Hall–Kier alpha value is -3.74. The Morgan fingerprint density at radius 3 is 2.39 bits per heavy atom. The number of benzene rings is 1. The van der Waals surface area contributed by atoms with Gasteiger partial charge in [-0.25, -0.2) is 9.78 Å². The van der Waals surface area contributed by atoms with E-state index >= 15 is 0 Å². The number of amides is 2. The summed E-state index contributed by atoms with van der Waals surface area (Å²) in [6, 6.07) is 6.28. The number of alkyl carbamates (subject to hydrolysis) is 1. The van der Waals surface area contributed by atoms with Gasteiger partial charge in [0.05, 0.1) is 24.3 Å². The van der Waals surface area contributed by atoms with Crippen LogP contribution in [0.3, 0.4) is 0 Å². The van der Waals surface area contributed by atoms with Crippen LogP contribution in [0, 0.1) is 5.41 Å². The molecule has 13 heteroatoms. The lowest BCUT2D eigenvalue weighted by Crippen LogP contribution is -2.41. The van der Waals surface area contributed by atoms with Crippen LogP contribution >= 0.6 is 11.3 Å². The number of ketones is 1. The van der Waals surface area contributed by atoms with E-state index in [0.29, 0.717) is 11.3 Å². The normalized spacial score (nSPS) is 12.6. The van der Waals surface area contributed by atoms with Crippen molar-refractivity contribution in [1.29, 1.82) is 0 Å². The maximum absolute atomic E-state index is 12.8. The Morgan fingerprint density at radius 2 is 1.81 bits per heavy atom. The molecular weight excluding hydrogens is 499 g/mol. The Morgan fingerprint density at radius 1 is 1.11 bits per heavy atom. The number of carbonyl (C=O) groups excluding carboxylic acids is 3. The number of alkyl halides is 3. The molecule has 0 fully saturated rings. The number of rotatable bonds is 8. The first kappa shape index (κ1) is 26.9. The first-order chi connectivity index (χ1) is 16.8. The second kappa shape index (κ2) is 10.9. The number of aromatic nitrogens is 3. The molecule has 2 N–H and O–H groups in total. The van der Waals surface area contributed by atoms with Crippen LogP contribution in [0.15, 0.2) is 48.1 Å². The highest BCUT2D eigenvalue weighted by Crippen LogP contribution is 2.31. The number of nitrogens with zero attached hydrogens (tertiary/aromatic N) is 3. The van der Waals surface area contributed by atoms with Gasteiger partial charge in [0.15, 0.2) is 5.13 Å². The Balaban J connectivity index is 1.58. The van der Waals surface area contributed by atoms with Gasteiger partial charge in [0.25, 0.3) is 5.91 Å². The number of ether oxygens (including phenoxy) is 1. The average Bonchev–Trinajstić information content (AvgIpc) is 3.48. The van der Waals surface area contributed by atoms with Gasteiger partial charge in [-0.3, -0.25) is 19.6 Å². The molecule has 0 aliphatic carbocycles. The first-order valence-corrected chi connectivity index (χ1v) is 11.6. The van der Waals surface area contributed by atoms with Crippen LogP contribution < -0.4 is 10.6 Å². The van der Waals surface area contributed by atoms with Gasteiger partial charge in [0.1, 0.15) is 6.10 Å². The highest BCUT2D eigenvalue weighted by molar-refractivity contribution is 7.13. The molecule has 0 aliphatic heterocycles. The van der Waals surface area contributed by atoms with E-state index in [9.17, 15) is 27.6 Å². The van der Waals surface area contributed by atoms with Gasteiger partial charge in [0, 0.05) is 28.8 Å². The predicted molar refractivity (Wildman–Crippen MR) is 126 cm³/mol. The molecule has 2 amide bonds. The fourth-order valence-electron chi connectivity index (χ4n) is 2.96. The van der Waals surface area contributed by atoms with Gasteiger partial charge in [-0.2, -0.15) is 18.3 Å². The summed E-state index contributed by atoms with van der Waals surface area (Å²) < 4.78 is 45.4. The van der Waals surface area contributed by atoms with Crippen molar-refractivity contribution in [3.8, 4) is 11.3 Å². The summed E-state index contributed by atoms with van der Waals surface area (Å²) in [6.45, 7) is 5.12. The number of Topliss-reactive ketones (excluding diaryl/α,β-unsaturated/α-hetero) is 1. The first-order valence-electron chi connectivity index (χ1n) is 10.7. The molecule has 1 atom stereocenters. The van der Waals surface area contributed by atoms with Crippen molar-refractivity contribution >= 4 is 34.3 Å². The average molecular weight is 524 g/mol. The standard InChI is InChI=1S/C23H24F3N5O4S/c1-22(2,3)18(35-21(34)28-12-17(32)19(33)29-20-27-9-11-36-20)13-31-10-8-16(30-31)14-4-6-15(7-5-14)23(24,25)26/h4-11,18H,12-13H2,1-3H3,(H,28,34)(H,27,29,33). The number of halogens is 3. The summed E-state index contributed by atoms with van der Waals surface area (Å²) in [4.78, 5) is 40.0. The molecule has 9 nitrogen and oxygen atoms in total. The molecule has 3 aromatic rings. The van der Waals surface area contributed by atoms with E-state index in [0.717, 1.165) is 23.5 Å². The Kier molecular flexibility index (Phi) is 8.13. The molecule has 0 saturated heterocycles. The van der Waals surface area contributed by atoms with E-state index in [1.54, 1.807) is 17.6 Å². The van der Waals surface area contributed by atoms with Crippen LogP contribution in [0.2, 0.25) is 0 Å². The van der Waals surface area contributed by atoms with Gasteiger partial charge in [-0.15, -0.1) is 11.3 Å². The van der Waals surface area contributed by atoms with Gasteiger partial charge >= 0.3 is 12.3 Å². The van der Waals surface area contributed by atoms with Crippen molar-refractivity contribution in [2.75, 3.05) is 11.9 Å². The number of thiazole rings is 1. The molecule has 0 bridgehead atoms. The predicted octanol–water partition coefficient (Wildman–Crippen LogP) is 4.37. The van der Waals surface area contributed by atoms with Crippen LogP contribution in [0.25, 0.3) is 11.3 Å². The number of carbonyl (C=O) groups is 3. The monoisotopic (exact) mass is 523 g/mol. The Bertz CT molecular complexity index is 1200. The molecule has 1 aromatic carbocycles. The smallest absolute Gasteiger partial charge is 0.416 e. The number of hydrogen-bond donors (Lipinski definition) is 2. The molecule has 3 rings (SSSR count). The highest BCUT2D eigenvalue weighted by atomic mass is 32.1. The second-order valence-electron chi connectivity index (χ2n) is 8.83. The lowest BCUT2D eigenvalue weighted by molar-refractivity contribution is -0.137. The molecule has 0 radical (unpaired) electrons. The fourth-order valence-corrected chi connectivity index (χ4v) is 3.48. The van der Waals surface area contributed by atoms with Crippen molar-refractivity contribution in [2.24, 2.45) is 5.41 Å². The molecule has 2 heterocycles. The summed E-state index contributed by atoms with van der Waals surface area (Å²) in [7, 11) is 0. The quantitative estimate of drug-likeness (QED) is 0.424. The van der Waals surface area contributed by atoms with E-state index in [4.69, 9.17) is 4.74 Å². The number of nitrogens with one attached hydrogen (secondary N) is 2. The number of anilines is 1. The third kappa shape index (κ3) is 7.38. The van der Waals surface area contributed by atoms with E-state index in [-0.39, 0.29) is 11.7 Å². The van der Waals surface area contributed by atoms with Crippen LogP contribution in [0.4, 0.5) is 23.1 Å². The zero-order valence-corrected chi connectivity index (χ0v) is 20.4. The lowest BCUT2D eigenvalue weighted by atomic mass is 9.89. The lowest BCUT2D eigenvalue weighted by Gasteiger charge is -2.30. The fraction of sp³-hybridized carbons (Fsp3) is 0.348. The van der Waals surface area contributed by atoms with Crippen molar-refractivity contribution in [1.82, 2.24) is 20.1 Å². The summed E-state index contributed by atoms with van der Waals surface area (Å²) in [5.74, 6) is -1.78. The van der Waals surface area contributed by atoms with E-state index in [1.165, 1.54) is 23.0 Å². The van der Waals surface area contributed by atoms with Crippen molar-refractivity contribution in [3.05, 3.63) is 53.7 Å². The van der Waals surface area contributed by atoms with Crippen molar-refractivity contribution in [2.45, 2.75) is 39.6 Å². The number of hydrogen-bond acceptors (Lipinski definition) is 7. The van der Waals surface area contributed by atoms with E-state index in [2.05, 4.69) is 20.7 Å². The van der Waals surface area contributed by atoms with Crippen LogP contribution in [-0.4, -0.2) is 45.2 Å². The molecule has 2 aromatic heterocycles. The second-order valence-corrected chi connectivity index (χ2v) is 9.72. The molecule has 0 aliphatic rings. The molecular formula is C23H24F3N5O4S. The summed E-state index contributed by atoms with van der Waals surface area (Å²) in [6.07, 6.45) is -2.90. The zero-order valence-electron chi connectivity index (χ0n) is 19.6. The van der Waals surface area contributed by atoms with Crippen LogP contribution in [0.1, 0.15) is 26.3 Å². The summed E-state index contributed by atoms with van der Waals surface area (Å²) in [5.41, 5.74) is -0.318. The maximum atomic E-state index is 12.8. The zero-order chi connectivity index (χ0) is 26.5. The third-order valence-corrected chi connectivity index (χ3v) is 5.70. The van der Waals surface area contributed by atoms with Gasteiger partial charge in [0.2, 0.25) is 5.78 Å². The topological polar surface area (TPSA) is 115 Å². The summed E-state index contributed by atoms with van der Waals surface area (Å²) >= 11 is 1.15. The minimum absolute atomic E-state index is 0.149. The molecule has 0 saturated carbocycles. The van der Waals surface area contributed by atoms with Crippen molar-refractivity contribution in [3.63, 3.8) is 0 Å². The SMILES string of the molecule is CC(C)(C)C(Cn1ccc(-c2ccc(C(F)(F)F)cc2)n1)OC(=O)NCC(=O)C(=O)Nc1nccs1. The van der Waals surface area contributed by atoms with Crippen LogP contribution in [0.5, 0.6) is 0 Å². The van der Waals surface area contributed by atoms with Gasteiger partial charge in [-0.05, 0) is 18.2 Å². The van der Waals surface area contributed by atoms with E-state index in [1.807, 2.05) is 20.8 Å². The van der Waals surface area contributed by atoms with Gasteiger partial charge < -0.3 is 10.1 Å². The van der Waals surface area contributed by atoms with E-state index < -0.39 is 47.6 Å². The van der Waals surface area contributed by atoms with Gasteiger partial charge in [-0.1, -0.05) is 32.9 Å². The highest BCUT2D eigenvalue weighted by Gasteiger charge is 2.31. The summed E-state index contributed by atoms with van der Waals surface area (Å²) in [5, 5.41) is 10.9. The largest absolute Gasteiger partial charge is 0.444 e. The van der Waals surface area contributed by atoms with Crippen molar-refractivity contribution < 1.29 is 32.3 Å². The minimum atomic E-state index is -4.43. The Labute approximate surface area is 208 Å². The minimum Gasteiger partial charge on any atom is -0.444 e. The maximum Gasteiger partial charge on any atom is 0.416 e. The molecule has 1 unspecified atom stereocenters. The molecule has 192 valence electrons. The third-order valence-electron chi connectivity index (χ3n) is 5.02.